The fourth-order valence-electron chi connectivity index (χ4n) is 3.15. The third kappa shape index (κ3) is 5.86. The predicted octanol–water partition coefficient (Wildman–Crippen LogP) is -0.199. The molecule has 0 atom stereocenters. The Balaban J connectivity index is 0.00000216. The molecule has 0 aliphatic heterocycles. The van der Waals surface area contributed by atoms with E-state index < -0.39 is 27.5 Å². The first-order valence-corrected chi connectivity index (χ1v) is 11.1. The first kappa shape index (κ1) is 26.3. The Hall–Kier alpha value is -2.26. The van der Waals surface area contributed by atoms with E-state index in [2.05, 4.69) is 15.0 Å². The van der Waals surface area contributed by atoms with Crippen molar-refractivity contribution < 1.29 is 74.8 Å². The van der Waals surface area contributed by atoms with Crippen LogP contribution in [-0.2, 0) is 16.6 Å². The number of nitrogens with zero attached hydrogens (tertiary/aromatic N) is 3. The van der Waals surface area contributed by atoms with Crippen LogP contribution in [0.15, 0.2) is 58.1 Å². The Labute approximate surface area is 238 Å². The van der Waals surface area contributed by atoms with Gasteiger partial charge in [0.05, 0.1) is 0 Å². The monoisotopic (exact) mass is 511 g/mol. The number of fused-ring (bicyclic) bond motifs is 1. The first-order chi connectivity index (χ1) is 15.8. The van der Waals surface area contributed by atoms with Gasteiger partial charge in [0, 0.05) is 49.1 Å². The van der Waals surface area contributed by atoms with Gasteiger partial charge in [-0.2, -0.15) is 8.42 Å². The Morgan fingerprint density at radius 1 is 1.15 bits per heavy atom. The number of ether oxygens (including phenoxy) is 1. The third-order valence-corrected chi connectivity index (χ3v) is 5.85. The van der Waals surface area contributed by atoms with Crippen molar-refractivity contribution in [1.29, 1.82) is 0 Å². The van der Waals surface area contributed by atoms with Crippen LogP contribution >= 0.6 is 0 Å². The summed E-state index contributed by atoms with van der Waals surface area (Å²) < 4.78 is 53.3. The number of nitrogens with one attached hydrogen (secondary N) is 2. The summed E-state index contributed by atoms with van der Waals surface area (Å²) in [6, 6.07) is 8.10. The Morgan fingerprint density at radius 2 is 1.88 bits per heavy atom. The molecule has 3 heterocycles. The van der Waals surface area contributed by atoms with Gasteiger partial charge < -0.3 is 10.6 Å². The molecular weight excluding hydrogens is 492 g/mol. The van der Waals surface area contributed by atoms with Gasteiger partial charge in [-0.15, -0.1) is 0 Å². The molecule has 0 amide bonds. The second-order valence-electron chi connectivity index (χ2n) is 6.90. The van der Waals surface area contributed by atoms with Crippen molar-refractivity contribution in [2.24, 2.45) is 0 Å². The van der Waals surface area contributed by atoms with E-state index >= 15 is 0 Å². The van der Waals surface area contributed by atoms with Gasteiger partial charge in [0.25, 0.3) is 10.2 Å². The molecule has 4 aromatic rings. The standard InChI is InChI=1S/C21H18FN5O5S.K.H/c1-12-15-5-4-14(31-21-25-7-3-8-26-21)11-17(15)32-20(28)16(12)10-13-6-9-24-19(18(13)22)27-33(29,30)23-2;;/h3-9,11,23H,10H2,1-2H3,(H,24,27);;/q;+1;-1. The van der Waals surface area contributed by atoms with E-state index in [1.165, 1.54) is 31.7 Å². The number of aromatic nitrogens is 3. The van der Waals surface area contributed by atoms with E-state index in [1.54, 1.807) is 31.2 Å². The second kappa shape index (κ2) is 11.0. The molecule has 2 N–H and O–H groups in total. The van der Waals surface area contributed by atoms with Gasteiger partial charge in [-0.3, -0.25) is 4.72 Å². The quantitative estimate of drug-likeness (QED) is 0.257. The zero-order chi connectivity index (χ0) is 23.6. The van der Waals surface area contributed by atoms with Gasteiger partial charge in [0.1, 0.15) is 11.3 Å². The van der Waals surface area contributed by atoms with E-state index in [0.29, 0.717) is 16.7 Å². The maximum atomic E-state index is 14.9. The van der Waals surface area contributed by atoms with E-state index in [9.17, 15) is 17.6 Å². The predicted molar refractivity (Wildman–Crippen MR) is 119 cm³/mol. The molecule has 0 bridgehead atoms. The van der Waals surface area contributed by atoms with Crippen LogP contribution in [0.25, 0.3) is 11.0 Å². The normalized spacial score (nSPS) is 11.1. The van der Waals surface area contributed by atoms with E-state index in [0.717, 1.165) is 0 Å². The molecule has 0 fully saturated rings. The van der Waals surface area contributed by atoms with E-state index in [1.807, 2.05) is 9.44 Å². The van der Waals surface area contributed by atoms with Crippen LogP contribution < -0.4 is 71.2 Å². The SMILES string of the molecule is CNS(=O)(=O)Nc1nccc(Cc2c(C)c3ccc(Oc4ncccn4)cc3oc2=O)c1F.[H-].[K+]. The van der Waals surface area contributed by atoms with Gasteiger partial charge in [-0.25, -0.2) is 28.9 Å². The van der Waals surface area contributed by atoms with Gasteiger partial charge in [-0.05, 0) is 42.3 Å². The molecule has 0 unspecified atom stereocenters. The van der Waals surface area contributed by atoms with Crippen molar-refractivity contribution in [2.45, 2.75) is 13.3 Å². The van der Waals surface area contributed by atoms with Crippen LogP contribution in [0.1, 0.15) is 18.1 Å². The summed E-state index contributed by atoms with van der Waals surface area (Å²) in [4.78, 5) is 24.4. The van der Waals surface area contributed by atoms with Crippen molar-refractivity contribution >= 4 is 27.0 Å². The minimum absolute atomic E-state index is 0. The van der Waals surface area contributed by atoms with Gasteiger partial charge in [0.15, 0.2) is 11.6 Å². The van der Waals surface area contributed by atoms with Gasteiger partial charge in [-0.1, -0.05) is 0 Å². The molecular formula is C21H19FKN5O5S. The number of rotatable bonds is 7. The Kier molecular flexibility index (Phi) is 8.51. The van der Waals surface area contributed by atoms with Crippen molar-refractivity contribution in [3.05, 3.63) is 81.9 Å². The molecule has 0 aliphatic carbocycles. The number of aryl methyl sites for hydroxylation is 1. The summed E-state index contributed by atoms with van der Waals surface area (Å²) in [5.74, 6) is -0.984. The molecule has 1 aromatic carbocycles. The topological polar surface area (TPSA) is 136 Å². The molecule has 0 saturated carbocycles. The molecule has 172 valence electrons. The zero-order valence-electron chi connectivity index (χ0n) is 19.5. The van der Waals surface area contributed by atoms with Crippen LogP contribution in [0.5, 0.6) is 11.8 Å². The molecule has 0 aliphatic rings. The van der Waals surface area contributed by atoms with Crippen LogP contribution in [-0.4, -0.2) is 30.4 Å². The minimum Gasteiger partial charge on any atom is -1.00 e. The van der Waals surface area contributed by atoms with Crippen molar-refractivity contribution in [3.8, 4) is 11.8 Å². The van der Waals surface area contributed by atoms with Gasteiger partial charge in [0.2, 0.25) is 0 Å². The minimum atomic E-state index is -3.96. The molecule has 10 nitrogen and oxygen atoms in total. The van der Waals surface area contributed by atoms with Crippen molar-refractivity contribution in [2.75, 3.05) is 11.8 Å². The number of anilines is 1. The number of hydrogen-bond acceptors (Lipinski definition) is 8. The van der Waals surface area contributed by atoms with Crippen LogP contribution in [0.2, 0.25) is 0 Å². The van der Waals surface area contributed by atoms with Crippen LogP contribution in [0, 0.1) is 12.7 Å². The molecule has 4 rings (SSSR count). The smallest absolute Gasteiger partial charge is 1.00 e. The molecule has 13 heteroatoms. The van der Waals surface area contributed by atoms with Crippen LogP contribution in [0.3, 0.4) is 0 Å². The Bertz CT molecular complexity index is 1510. The largest absolute Gasteiger partial charge is 1.00 e. The van der Waals surface area contributed by atoms with Gasteiger partial charge >= 0.3 is 63.0 Å². The van der Waals surface area contributed by atoms with Crippen molar-refractivity contribution in [1.82, 2.24) is 19.7 Å². The number of halogens is 1. The summed E-state index contributed by atoms with van der Waals surface area (Å²) in [6.07, 6.45) is 4.20. The summed E-state index contributed by atoms with van der Waals surface area (Å²) in [5.41, 5.74) is 0.538. The van der Waals surface area contributed by atoms with E-state index in [-0.39, 0.29) is 82.0 Å². The summed E-state index contributed by atoms with van der Waals surface area (Å²) in [7, 11) is -2.78. The number of hydrogen-bond donors (Lipinski definition) is 2. The van der Waals surface area contributed by atoms with Crippen LogP contribution in [0.4, 0.5) is 10.2 Å². The van der Waals surface area contributed by atoms with E-state index in [4.69, 9.17) is 9.15 Å². The summed E-state index contributed by atoms with van der Waals surface area (Å²) in [5, 5.41) is 0.636. The molecule has 34 heavy (non-hydrogen) atoms. The Morgan fingerprint density at radius 3 is 2.59 bits per heavy atom. The average Bonchev–Trinajstić information content (AvgIpc) is 2.79. The fraction of sp³-hybridized carbons (Fsp3) is 0.143. The summed E-state index contributed by atoms with van der Waals surface area (Å²) in [6.45, 7) is 1.72. The molecule has 0 spiro atoms. The second-order valence-corrected chi connectivity index (χ2v) is 8.52. The third-order valence-electron chi connectivity index (χ3n) is 4.85. The zero-order valence-corrected chi connectivity index (χ0v) is 22.4. The molecule has 0 radical (unpaired) electrons. The summed E-state index contributed by atoms with van der Waals surface area (Å²) >= 11 is 0. The fourth-order valence-corrected chi connectivity index (χ4v) is 3.64. The first-order valence-electron chi connectivity index (χ1n) is 9.63. The van der Waals surface area contributed by atoms with Crippen molar-refractivity contribution in [3.63, 3.8) is 0 Å². The number of benzene rings is 1. The molecule has 0 saturated heterocycles. The average molecular weight is 512 g/mol. The number of pyridine rings is 1. The molecule has 3 aromatic heterocycles. The maximum Gasteiger partial charge on any atom is 1.00 e. The maximum absolute atomic E-state index is 14.9.